The fourth-order valence-electron chi connectivity index (χ4n) is 2.15. The minimum atomic E-state index is 0.447. The van der Waals surface area contributed by atoms with Crippen LogP contribution in [0.4, 0.5) is 11.4 Å². The molecule has 2 aromatic rings. The van der Waals surface area contributed by atoms with Gasteiger partial charge in [-0.3, -0.25) is 0 Å². The summed E-state index contributed by atoms with van der Waals surface area (Å²) in [4.78, 5) is 0. The van der Waals surface area contributed by atoms with Crippen molar-refractivity contribution in [1.29, 1.82) is 0 Å². The van der Waals surface area contributed by atoms with Crippen molar-refractivity contribution in [3.8, 4) is 0 Å². The molecule has 0 amide bonds. The molecule has 0 spiro atoms. The van der Waals surface area contributed by atoms with Crippen LogP contribution >= 0.6 is 28.1 Å². The molecule has 0 heterocycles. The Bertz CT molecular complexity index is 636. The zero-order valence-electron chi connectivity index (χ0n) is 12.4. The van der Waals surface area contributed by atoms with Gasteiger partial charge in [-0.15, -0.1) is 0 Å². The van der Waals surface area contributed by atoms with Gasteiger partial charge < -0.3 is 10.6 Å². The summed E-state index contributed by atoms with van der Waals surface area (Å²) in [7, 11) is 0. The Morgan fingerprint density at radius 3 is 2.33 bits per heavy atom. The summed E-state index contributed by atoms with van der Waals surface area (Å²) in [6.07, 6.45) is 0. The van der Waals surface area contributed by atoms with E-state index in [1.54, 1.807) is 0 Å². The second kappa shape index (κ2) is 7.05. The first-order chi connectivity index (χ1) is 9.97. The predicted octanol–water partition coefficient (Wildman–Crippen LogP) is 5.69. The van der Waals surface area contributed by atoms with Crippen LogP contribution in [0.25, 0.3) is 0 Å². The Labute approximate surface area is 140 Å². The molecule has 0 atom stereocenters. The maximum atomic E-state index is 5.42. The largest absolute Gasteiger partial charge is 0.332 e. The van der Waals surface area contributed by atoms with Gasteiger partial charge in [-0.25, -0.2) is 0 Å². The number of anilines is 2. The Kier molecular flexibility index (Phi) is 5.37. The highest BCUT2D eigenvalue weighted by atomic mass is 79.9. The molecule has 2 nitrogen and oxygen atoms in total. The molecule has 0 aromatic heterocycles. The van der Waals surface area contributed by atoms with Gasteiger partial charge in [-0.2, -0.15) is 0 Å². The molecule has 21 heavy (non-hydrogen) atoms. The van der Waals surface area contributed by atoms with Crippen LogP contribution in [0.1, 0.15) is 30.9 Å². The summed E-state index contributed by atoms with van der Waals surface area (Å²) in [5, 5.41) is 7.15. The van der Waals surface area contributed by atoms with E-state index in [-0.39, 0.29) is 0 Å². The molecule has 0 radical (unpaired) electrons. The SMILES string of the molecule is Cc1cccc(C(C)C)c1NC(=S)Nc1ccc(Br)cc1. The summed E-state index contributed by atoms with van der Waals surface area (Å²) in [6, 6.07) is 14.3. The van der Waals surface area contributed by atoms with Gasteiger partial charge in [0.15, 0.2) is 5.11 Å². The van der Waals surface area contributed by atoms with E-state index in [1.165, 1.54) is 11.1 Å². The molecule has 0 fully saturated rings. The molecule has 4 heteroatoms. The van der Waals surface area contributed by atoms with Crippen molar-refractivity contribution in [3.63, 3.8) is 0 Å². The first kappa shape index (κ1) is 16.0. The third-order valence-corrected chi connectivity index (χ3v) is 4.00. The molecular weight excluding hydrogens is 344 g/mol. The minimum Gasteiger partial charge on any atom is -0.332 e. The van der Waals surface area contributed by atoms with Gasteiger partial charge in [0.2, 0.25) is 0 Å². The van der Waals surface area contributed by atoms with Crippen molar-refractivity contribution in [2.75, 3.05) is 10.6 Å². The second-order valence-electron chi connectivity index (χ2n) is 5.28. The lowest BCUT2D eigenvalue weighted by Crippen LogP contribution is -2.20. The minimum absolute atomic E-state index is 0.447. The van der Waals surface area contributed by atoms with E-state index in [1.807, 2.05) is 24.3 Å². The molecule has 0 unspecified atom stereocenters. The lowest BCUT2D eigenvalue weighted by molar-refractivity contribution is 0.868. The predicted molar refractivity (Wildman–Crippen MR) is 99.3 cm³/mol. The van der Waals surface area contributed by atoms with Crippen molar-refractivity contribution in [2.45, 2.75) is 26.7 Å². The smallest absolute Gasteiger partial charge is 0.175 e. The van der Waals surface area contributed by atoms with Crippen LogP contribution in [0.3, 0.4) is 0 Å². The number of thiocarbonyl (C=S) groups is 1. The summed E-state index contributed by atoms with van der Waals surface area (Å²) in [5.41, 5.74) is 4.54. The van der Waals surface area contributed by atoms with Gasteiger partial charge in [-0.05, 0) is 60.5 Å². The van der Waals surface area contributed by atoms with E-state index < -0.39 is 0 Å². The Balaban J connectivity index is 2.14. The normalized spacial score (nSPS) is 10.5. The highest BCUT2D eigenvalue weighted by Crippen LogP contribution is 2.27. The van der Waals surface area contributed by atoms with Crippen LogP contribution in [-0.2, 0) is 0 Å². The molecule has 0 aliphatic rings. The number of halogens is 1. The van der Waals surface area contributed by atoms with Crippen molar-refractivity contribution < 1.29 is 0 Å². The van der Waals surface area contributed by atoms with Gasteiger partial charge >= 0.3 is 0 Å². The highest BCUT2D eigenvalue weighted by Gasteiger charge is 2.10. The van der Waals surface area contributed by atoms with E-state index in [2.05, 4.69) is 65.5 Å². The monoisotopic (exact) mass is 362 g/mol. The van der Waals surface area contributed by atoms with Gasteiger partial charge in [0, 0.05) is 15.8 Å². The van der Waals surface area contributed by atoms with Crippen molar-refractivity contribution >= 4 is 44.6 Å². The van der Waals surface area contributed by atoms with Crippen molar-refractivity contribution in [2.24, 2.45) is 0 Å². The number of nitrogens with one attached hydrogen (secondary N) is 2. The van der Waals surface area contributed by atoms with Crippen LogP contribution in [0, 0.1) is 6.92 Å². The summed E-state index contributed by atoms with van der Waals surface area (Å²) in [6.45, 7) is 6.47. The maximum absolute atomic E-state index is 5.42. The van der Waals surface area contributed by atoms with Crippen LogP contribution in [0.2, 0.25) is 0 Å². The lowest BCUT2D eigenvalue weighted by Gasteiger charge is -2.18. The molecule has 0 aliphatic carbocycles. The second-order valence-corrected chi connectivity index (χ2v) is 6.60. The van der Waals surface area contributed by atoms with E-state index in [0.717, 1.165) is 15.8 Å². The number of para-hydroxylation sites is 1. The average molecular weight is 363 g/mol. The van der Waals surface area contributed by atoms with Gasteiger partial charge in [0.25, 0.3) is 0 Å². The van der Waals surface area contributed by atoms with Gasteiger partial charge in [-0.1, -0.05) is 48.0 Å². The Hall–Kier alpha value is -1.39. The molecule has 2 N–H and O–H groups in total. The molecule has 0 aliphatic heterocycles. The van der Waals surface area contributed by atoms with Crippen LogP contribution in [0.15, 0.2) is 46.9 Å². The first-order valence-corrected chi connectivity index (χ1v) is 8.10. The lowest BCUT2D eigenvalue weighted by atomic mass is 9.98. The number of hydrogen-bond acceptors (Lipinski definition) is 1. The third kappa shape index (κ3) is 4.29. The number of hydrogen-bond donors (Lipinski definition) is 2. The van der Waals surface area contributed by atoms with Crippen LogP contribution < -0.4 is 10.6 Å². The van der Waals surface area contributed by atoms with E-state index >= 15 is 0 Å². The quantitative estimate of drug-likeness (QED) is 0.685. The van der Waals surface area contributed by atoms with Crippen molar-refractivity contribution in [3.05, 3.63) is 58.1 Å². The molecule has 2 aromatic carbocycles. The highest BCUT2D eigenvalue weighted by molar-refractivity contribution is 9.10. The number of aryl methyl sites for hydroxylation is 1. The van der Waals surface area contributed by atoms with E-state index in [0.29, 0.717) is 11.0 Å². The topological polar surface area (TPSA) is 24.1 Å². The zero-order chi connectivity index (χ0) is 15.4. The molecule has 0 saturated heterocycles. The van der Waals surface area contributed by atoms with Gasteiger partial charge in [0.05, 0.1) is 0 Å². The first-order valence-electron chi connectivity index (χ1n) is 6.90. The van der Waals surface area contributed by atoms with Crippen molar-refractivity contribution in [1.82, 2.24) is 0 Å². The molecule has 0 saturated carbocycles. The zero-order valence-corrected chi connectivity index (χ0v) is 14.8. The summed E-state index contributed by atoms with van der Waals surface area (Å²) in [5.74, 6) is 0.447. The van der Waals surface area contributed by atoms with Gasteiger partial charge in [0.1, 0.15) is 0 Å². The van der Waals surface area contributed by atoms with E-state index in [9.17, 15) is 0 Å². The summed E-state index contributed by atoms with van der Waals surface area (Å²) < 4.78 is 1.05. The molecule has 0 bridgehead atoms. The molecular formula is C17H19BrN2S. The third-order valence-electron chi connectivity index (χ3n) is 3.27. The Morgan fingerprint density at radius 2 is 1.71 bits per heavy atom. The fourth-order valence-corrected chi connectivity index (χ4v) is 2.64. The van der Waals surface area contributed by atoms with Crippen LogP contribution in [0.5, 0.6) is 0 Å². The Morgan fingerprint density at radius 1 is 1.05 bits per heavy atom. The molecule has 2 rings (SSSR count). The average Bonchev–Trinajstić information content (AvgIpc) is 2.43. The standard InChI is InChI=1S/C17H19BrN2S/c1-11(2)15-6-4-5-12(3)16(15)20-17(21)19-14-9-7-13(18)8-10-14/h4-11H,1-3H3,(H2,19,20,21). The van der Waals surface area contributed by atoms with E-state index in [4.69, 9.17) is 12.2 Å². The maximum Gasteiger partial charge on any atom is 0.175 e. The fraction of sp³-hybridized carbons (Fsp3) is 0.235. The summed E-state index contributed by atoms with van der Waals surface area (Å²) >= 11 is 8.85. The number of benzene rings is 2. The number of rotatable bonds is 3. The molecule has 110 valence electrons. The van der Waals surface area contributed by atoms with Crippen LogP contribution in [-0.4, -0.2) is 5.11 Å².